The molecule has 0 radical (unpaired) electrons. The van der Waals surface area contributed by atoms with Gasteiger partial charge in [-0.05, 0) is 19.8 Å². The van der Waals surface area contributed by atoms with Crippen LogP contribution in [-0.2, 0) is 16.9 Å². The van der Waals surface area contributed by atoms with Crippen LogP contribution < -0.4 is 0 Å². The molecule has 1 fully saturated rings. The van der Waals surface area contributed by atoms with Crippen molar-refractivity contribution in [2.24, 2.45) is 0 Å². The molecule has 1 aliphatic carbocycles. The van der Waals surface area contributed by atoms with E-state index in [0.29, 0.717) is 0 Å². The van der Waals surface area contributed by atoms with Crippen LogP contribution in [-0.4, -0.2) is 16.7 Å². The van der Waals surface area contributed by atoms with Crippen molar-refractivity contribution < 1.29 is 9.84 Å². The number of rotatable bonds is 4. The molecule has 0 spiro atoms. The molecule has 1 heterocycles. The van der Waals surface area contributed by atoms with Crippen LogP contribution >= 0.6 is 11.3 Å². The molecule has 90 valence electrons. The maximum Gasteiger partial charge on any atom is 0.125 e. The molecule has 1 aliphatic rings. The van der Waals surface area contributed by atoms with Gasteiger partial charge in [0.2, 0.25) is 0 Å². The van der Waals surface area contributed by atoms with E-state index >= 15 is 0 Å². The number of thiazole rings is 1. The standard InChI is InChI=1S/C12H19NO2S/c1-2-15-12(6-4-3-5-7-12)11-13-10(8-14)9-16-11/h9,14H,2-8H2,1H3. The number of aromatic nitrogens is 1. The zero-order valence-corrected chi connectivity index (χ0v) is 10.6. The summed E-state index contributed by atoms with van der Waals surface area (Å²) in [4.78, 5) is 4.49. The van der Waals surface area contributed by atoms with Crippen LogP contribution in [0.5, 0.6) is 0 Å². The highest BCUT2D eigenvalue weighted by Gasteiger charge is 2.37. The van der Waals surface area contributed by atoms with Gasteiger partial charge in [0.05, 0.1) is 12.3 Å². The molecule has 1 saturated carbocycles. The molecule has 0 atom stereocenters. The first kappa shape index (κ1) is 12.0. The largest absolute Gasteiger partial charge is 0.390 e. The van der Waals surface area contributed by atoms with Crippen LogP contribution in [0.1, 0.15) is 49.7 Å². The van der Waals surface area contributed by atoms with Gasteiger partial charge in [0.1, 0.15) is 10.6 Å². The first-order chi connectivity index (χ1) is 7.80. The van der Waals surface area contributed by atoms with Gasteiger partial charge in [0, 0.05) is 12.0 Å². The second-order valence-corrected chi connectivity index (χ2v) is 5.15. The molecule has 1 N–H and O–H groups in total. The molecule has 16 heavy (non-hydrogen) atoms. The van der Waals surface area contributed by atoms with Gasteiger partial charge in [-0.3, -0.25) is 0 Å². The van der Waals surface area contributed by atoms with Crippen molar-refractivity contribution in [3.05, 3.63) is 16.1 Å². The van der Waals surface area contributed by atoms with Crippen molar-refractivity contribution in [1.29, 1.82) is 0 Å². The summed E-state index contributed by atoms with van der Waals surface area (Å²) in [5, 5.41) is 12.1. The van der Waals surface area contributed by atoms with E-state index in [9.17, 15) is 0 Å². The molecular formula is C12H19NO2S. The fourth-order valence-electron chi connectivity index (χ4n) is 2.41. The minimum absolute atomic E-state index is 0.0265. The number of hydrogen-bond donors (Lipinski definition) is 1. The smallest absolute Gasteiger partial charge is 0.125 e. The van der Waals surface area contributed by atoms with Crippen LogP contribution in [0.15, 0.2) is 5.38 Å². The maximum atomic E-state index is 9.07. The third-order valence-corrected chi connectivity index (χ3v) is 4.26. The summed E-state index contributed by atoms with van der Waals surface area (Å²) in [6.07, 6.45) is 5.87. The predicted octanol–water partition coefficient (Wildman–Crippen LogP) is 2.83. The fourth-order valence-corrected chi connectivity index (χ4v) is 3.43. The normalized spacial score (nSPS) is 19.9. The van der Waals surface area contributed by atoms with Gasteiger partial charge in [0.25, 0.3) is 0 Å². The lowest BCUT2D eigenvalue weighted by molar-refractivity contribution is -0.0705. The Balaban J connectivity index is 2.23. The summed E-state index contributed by atoms with van der Waals surface area (Å²) in [6, 6.07) is 0. The van der Waals surface area contributed by atoms with Crippen molar-refractivity contribution in [3.8, 4) is 0 Å². The van der Waals surface area contributed by atoms with Crippen LogP contribution in [0.4, 0.5) is 0 Å². The first-order valence-corrected chi connectivity index (χ1v) is 6.88. The lowest BCUT2D eigenvalue weighted by Crippen LogP contribution is -2.32. The van der Waals surface area contributed by atoms with E-state index in [1.54, 1.807) is 11.3 Å². The summed E-state index contributed by atoms with van der Waals surface area (Å²) in [5.41, 5.74) is 0.607. The summed E-state index contributed by atoms with van der Waals surface area (Å²) in [7, 11) is 0. The van der Waals surface area contributed by atoms with Gasteiger partial charge < -0.3 is 9.84 Å². The monoisotopic (exact) mass is 241 g/mol. The number of ether oxygens (including phenoxy) is 1. The molecule has 0 unspecified atom stereocenters. The summed E-state index contributed by atoms with van der Waals surface area (Å²) >= 11 is 1.62. The molecule has 0 bridgehead atoms. The first-order valence-electron chi connectivity index (χ1n) is 6.00. The number of aliphatic hydroxyl groups excluding tert-OH is 1. The van der Waals surface area contributed by atoms with Gasteiger partial charge in [-0.25, -0.2) is 4.98 Å². The van der Waals surface area contributed by atoms with Crippen molar-refractivity contribution in [2.75, 3.05) is 6.61 Å². The molecular weight excluding hydrogens is 222 g/mol. The molecule has 0 aliphatic heterocycles. The lowest BCUT2D eigenvalue weighted by atomic mass is 9.85. The highest BCUT2D eigenvalue weighted by atomic mass is 32.1. The Hall–Kier alpha value is -0.450. The minimum Gasteiger partial charge on any atom is -0.390 e. The Morgan fingerprint density at radius 3 is 2.75 bits per heavy atom. The molecule has 0 aromatic carbocycles. The Labute approximate surface area is 100 Å². The van der Waals surface area contributed by atoms with Gasteiger partial charge in [-0.2, -0.15) is 0 Å². The van der Waals surface area contributed by atoms with E-state index in [1.807, 2.05) is 12.3 Å². The van der Waals surface area contributed by atoms with Gasteiger partial charge in [0.15, 0.2) is 0 Å². The third kappa shape index (κ3) is 2.29. The van der Waals surface area contributed by atoms with Crippen LogP contribution in [0, 0.1) is 0 Å². The van der Waals surface area contributed by atoms with Gasteiger partial charge >= 0.3 is 0 Å². The Bertz CT molecular complexity index is 326. The minimum atomic E-state index is -0.162. The Morgan fingerprint density at radius 1 is 1.44 bits per heavy atom. The van der Waals surface area contributed by atoms with E-state index in [0.717, 1.165) is 30.2 Å². The predicted molar refractivity (Wildman–Crippen MR) is 64.4 cm³/mol. The van der Waals surface area contributed by atoms with E-state index < -0.39 is 0 Å². The SMILES string of the molecule is CCOC1(c2nc(CO)cs2)CCCCC1. The third-order valence-electron chi connectivity index (χ3n) is 3.19. The quantitative estimate of drug-likeness (QED) is 0.881. The van der Waals surface area contributed by atoms with Crippen molar-refractivity contribution in [2.45, 2.75) is 51.2 Å². The molecule has 0 saturated heterocycles. The number of nitrogens with zero attached hydrogens (tertiary/aromatic N) is 1. The van der Waals surface area contributed by atoms with E-state index in [1.165, 1.54) is 19.3 Å². The highest BCUT2D eigenvalue weighted by Crippen LogP contribution is 2.41. The number of hydrogen-bond acceptors (Lipinski definition) is 4. The molecule has 3 nitrogen and oxygen atoms in total. The zero-order valence-electron chi connectivity index (χ0n) is 9.74. The molecule has 0 amide bonds. The Kier molecular flexibility index (Phi) is 3.95. The Morgan fingerprint density at radius 2 is 2.19 bits per heavy atom. The van der Waals surface area contributed by atoms with Crippen LogP contribution in [0.2, 0.25) is 0 Å². The van der Waals surface area contributed by atoms with Gasteiger partial charge in [-0.15, -0.1) is 11.3 Å². The number of aliphatic hydroxyl groups is 1. The fraction of sp³-hybridized carbons (Fsp3) is 0.750. The maximum absolute atomic E-state index is 9.07. The second-order valence-electron chi connectivity index (χ2n) is 4.29. The van der Waals surface area contributed by atoms with E-state index in [4.69, 9.17) is 9.84 Å². The molecule has 2 rings (SSSR count). The van der Waals surface area contributed by atoms with Crippen LogP contribution in [0.25, 0.3) is 0 Å². The van der Waals surface area contributed by atoms with Crippen molar-refractivity contribution in [3.63, 3.8) is 0 Å². The molecule has 1 aromatic rings. The van der Waals surface area contributed by atoms with E-state index in [2.05, 4.69) is 4.98 Å². The average Bonchev–Trinajstić information content (AvgIpc) is 2.80. The summed E-state index contributed by atoms with van der Waals surface area (Å²) in [5.74, 6) is 0. The van der Waals surface area contributed by atoms with E-state index in [-0.39, 0.29) is 12.2 Å². The highest BCUT2D eigenvalue weighted by molar-refractivity contribution is 7.09. The van der Waals surface area contributed by atoms with Crippen molar-refractivity contribution >= 4 is 11.3 Å². The zero-order chi connectivity index (χ0) is 11.4. The second kappa shape index (κ2) is 5.25. The summed E-state index contributed by atoms with van der Waals surface area (Å²) in [6.45, 7) is 2.80. The molecule has 4 heteroatoms. The average molecular weight is 241 g/mol. The topological polar surface area (TPSA) is 42.4 Å². The molecule has 1 aromatic heterocycles. The van der Waals surface area contributed by atoms with Crippen molar-refractivity contribution in [1.82, 2.24) is 4.98 Å². The van der Waals surface area contributed by atoms with Crippen LogP contribution in [0.3, 0.4) is 0 Å². The summed E-state index contributed by atoms with van der Waals surface area (Å²) < 4.78 is 5.98. The lowest BCUT2D eigenvalue weighted by Gasteiger charge is -2.35. The van der Waals surface area contributed by atoms with Gasteiger partial charge in [-0.1, -0.05) is 19.3 Å².